The molecule has 0 aliphatic rings. The Kier molecular flexibility index (Phi) is 15.5. The normalized spacial score (nSPS) is 16.0. The monoisotopic (exact) mass is 506 g/mol. The molecule has 1 rings (SSSR count). The number of tetrazole rings is 1. The van der Waals surface area contributed by atoms with Gasteiger partial charge in [0.05, 0.1) is 0 Å². The van der Waals surface area contributed by atoms with Gasteiger partial charge in [-0.15, -0.1) is 10.2 Å². The van der Waals surface area contributed by atoms with E-state index in [4.69, 9.17) is 54.8 Å². The fourth-order valence-corrected chi connectivity index (χ4v) is 13.6. The Morgan fingerprint density at radius 1 is 0.917 bits per heavy atom. The molecule has 10 nitrogen and oxygen atoms in total. The minimum atomic E-state index is -3.37. The predicted octanol–water partition coefficient (Wildman–Crippen LogP) is 4.87. The van der Waals surface area contributed by atoms with E-state index in [1.54, 1.807) is 0 Å². The van der Waals surface area contributed by atoms with Gasteiger partial charge >= 0.3 is 0 Å². The van der Waals surface area contributed by atoms with Crippen molar-refractivity contribution in [2.75, 3.05) is 25.1 Å². The van der Waals surface area contributed by atoms with Gasteiger partial charge in [-0.2, -0.15) is 5.21 Å². The molecule has 0 radical (unpaired) electrons. The fraction of sp³-hybridized carbons (Fsp3) is 0.833. The van der Waals surface area contributed by atoms with Crippen LogP contribution in [0, 0.1) is 0 Å². The van der Waals surface area contributed by atoms with Gasteiger partial charge in [0.25, 0.3) is 11.7 Å². The Labute approximate surface area is 158 Å². The number of nitrogens with zero attached hydrogens (tertiary/aromatic N) is 3. The Bertz CT molecular complexity index is 522. The number of hydrogen-bond acceptors (Lipinski definition) is 7. The molecule has 0 aliphatic heterocycles. The summed E-state index contributed by atoms with van der Waals surface area (Å²) in [6.45, 7) is 2.14. The summed E-state index contributed by atoms with van der Waals surface area (Å²) in [5, 5.41) is 12.2. The highest BCUT2D eigenvalue weighted by atomic mass is 35.9. The number of aromatic nitrogens is 4. The van der Waals surface area contributed by atoms with E-state index in [1.165, 1.54) is 6.33 Å². The van der Waals surface area contributed by atoms with E-state index in [2.05, 4.69) is 20.6 Å². The molecule has 0 aromatic carbocycles. The van der Waals surface area contributed by atoms with E-state index < -0.39 is 38.2 Å². The maximum absolute atomic E-state index is 10.5. The van der Waals surface area contributed by atoms with Crippen molar-refractivity contribution in [1.29, 1.82) is 0 Å². The molecule has 2 atom stereocenters. The molecule has 0 saturated heterocycles. The summed E-state index contributed by atoms with van der Waals surface area (Å²) < 4.78 is 41.7. The molecule has 0 spiro atoms. The van der Waals surface area contributed by atoms with Crippen LogP contribution in [-0.4, -0.2) is 55.5 Å². The van der Waals surface area contributed by atoms with Crippen molar-refractivity contribution in [3.8, 4) is 0 Å². The average Bonchev–Trinajstić information content (AvgIpc) is 2.60. The van der Waals surface area contributed by atoms with Crippen LogP contribution in [0.4, 0.5) is 0 Å². The first-order chi connectivity index (χ1) is 9.91. The number of halogens is 4. The molecule has 0 amide bonds. The van der Waals surface area contributed by atoms with Crippen LogP contribution < -0.4 is 0 Å². The van der Waals surface area contributed by atoms with Crippen molar-refractivity contribution < 1.29 is 28.0 Å². The predicted molar refractivity (Wildman–Crippen MR) is 101 cm³/mol. The minimum absolute atomic E-state index is 0. The maximum Gasteiger partial charge on any atom is 0.262 e. The molecule has 1 heterocycles. The van der Waals surface area contributed by atoms with Crippen LogP contribution in [0.5, 0.6) is 0 Å². The zero-order chi connectivity index (χ0) is 18.9. The lowest BCUT2D eigenvalue weighted by atomic mass is 11.4. The van der Waals surface area contributed by atoms with E-state index in [1.807, 2.05) is 0 Å². The summed E-state index contributed by atoms with van der Waals surface area (Å²) >= 11 is 20.0. The Morgan fingerprint density at radius 2 is 1.29 bits per heavy atom. The zero-order valence-electron chi connectivity index (χ0n) is 11.7. The van der Waals surface area contributed by atoms with Crippen LogP contribution in [0.2, 0.25) is 0 Å². The van der Waals surface area contributed by atoms with Crippen molar-refractivity contribution >= 4 is 71.4 Å². The molecule has 24 heavy (non-hydrogen) atoms. The van der Waals surface area contributed by atoms with Crippen LogP contribution in [0.1, 0.15) is 7.43 Å². The second-order valence-electron chi connectivity index (χ2n) is 4.08. The summed E-state index contributed by atoms with van der Waals surface area (Å²) in [5.41, 5.74) is 0. The molecule has 0 saturated carbocycles. The summed E-state index contributed by atoms with van der Waals surface area (Å²) in [5.74, 6) is -7.76. The van der Waals surface area contributed by atoms with Crippen LogP contribution in [-0.2, 0) is 18.3 Å². The summed E-state index contributed by atoms with van der Waals surface area (Å²) in [6.07, 6.45) is 1.33. The van der Waals surface area contributed by atoms with E-state index in [-0.39, 0.29) is 7.43 Å². The fourth-order valence-electron chi connectivity index (χ4n) is 0.808. The number of hydrogen-bond donors (Lipinski definition) is 3. The van der Waals surface area contributed by atoms with Gasteiger partial charge in [-0.3, -0.25) is 18.3 Å². The Balaban J connectivity index is -0.000000279. The molecular formula is C6H18Cl4N4O6P4. The summed E-state index contributed by atoms with van der Waals surface area (Å²) in [6, 6.07) is 0. The van der Waals surface area contributed by atoms with Crippen LogP contribution in [0.15, 0.2) is 6.33 Å². The number of aromatic amines is 1. The van der Waals surface area contributed by atoms with Crippen LogP contribution >= 0.6 is 71.4 Å². The highest BCUT2D eigenvalue weighted by Crippen LogP contribution is 2.72. The van der Waals surface area contributed by atoms with Gasteiger partial charge in [-0.1, -0.05) is 12.6 Å². The quantitative estimate of drug-likeness (QED) is 0.482. The topological polar surface area (TPSA) is 163 Å². The van der Waals surface area contributed by atoms with Gasteiger partial charge in [0, 0.05) is 13.3 Å². The third kappa shape index (κ3) is 34.4. The third-order valence-corrected chi connectivity index (χ3v) is 11.8. The third-order valence-electron chi connectivity index (χ3n) is 1.12. The highest BCUT2D eigenvalue weighted by Gasteiger charge is 2.26. The van der Waals surface area contributed by atoms with Crippen molar-refractivity contribution in [2.45, 2.75) is 7.43 Å². The second kappa shape index (κ2) is 12.5. The molecule has 2 unspecified atom stereocenters. The first kappa shape index (κ1) is 29.8. The van der Waals surface area contributed by atoms with Crippen molar-refractivity contribution in [3.63, 3.8) is 0 Å². The van der Waals surface area contributed by atoms with Crippen LogP contribution in [0.25, 0.3) is 0 Å². The van der Waals surface area contributed by atoms with Gasteiger partial charge in [0.2, 0.25) is 14.7 Å². The molecule has 0 aliphatic carbocycles. The first-order valence-electron chi connectivity index (χ1n) is 5.13. The smallest absolute Gasteiger partial charge is 0.262 e. The van der Waals surface area contributed by atoms with Crippen molar-refractivity contribution in [2.24, 2.45) is 0 Å². The molecule has 0 fully saturated rings. The lowest BCUT2D eigenvalue weighted by Gasteiger charge is -2.06. The molecule has 1 aromatic rings. The van der Waals surface area contributed by atoms with Gasteiger partial charge in [-0.05, 0) is 45.0 Å². The Morgan fingerprint density at radius 3 is 1.33 bits per heavy atom. The van der Waals surface area contributed by atoms with E-state index in [9.17, 15) is 18.3 Å². The van der Waals surface area contributed by atoms with Gasteiger partial charge in [0.15, 0.2) is 6.33 Å². The van der Waals surface area contributed by atoms with Crippen molar-refractivity contribution in [1.82, 2.24) is 20.6 Å². The number of H-pyrrole nitrogens is 1. The molecular weight excluding hydrogens is 490 g/mol. The van der Waals surface area contributed by atoms with E-state index >= 15 is 0 Å². The molecule has 1 aromatic heterocycles. The van der Waals surface area contributed by atoms with Gasteiger partial charge in [-0.25, -0.2) is 0 Å². The average molecular weight is 508 g/mol. The largest absolute Gasteiger partial charge is 0.344 e. The van der Waals surface area contributed by atoms with Gasteiger partial charge in [0.1, 0.15) is 11.8 Å². The molecule has 3 N–H and O–H groups in total. The first-order valence-corrected chi connectivity index (χ1v) is 17.1. The van der Waals surface area contributed by atoms with Gasteiger partial charge < -0.3 is 9.79 Å². The van der Waals surface area contributed by atoms with E-state index in [0.717, 1.165) is 13.3 Å². The molecule has 0 bridgehead atoms. The van der Waals surface area contributed by atoms with Crippen molar-refractivity contribution in [3.05, 3.63) is 6.33 Å². The lowest BCUT2D eigenvalue weighted by Crippen LogP contribution is -1.86. The summed E-state index contributed by atoms with van der Waals surface area (Å²) in [7, 11) is -6.60. The zero-order valence-corrected chi connectivity index (χ0v) is 18.3. The molecule has 18 heteroatoms. The maximum atomic E-state index is 10.5. The molecule has 146 valence electrons. The number of rotatable bonds is 4. The van der Waals surface area contributed by atoms with Crippen LogP contribution in [0.3, 0.4) is 0 Å². The second-order valence-corrected chi connectivity index (χ2v) is 20.4. The standard InChI is InChI=1S/C3H10O4P2.CH2Cl4O2P2.CH2N4.CH4/c1-8(4,5)3-9(2,6)7;2-8(3,6)1-9(4,5)7;1-2-4-5-3-1;/h3H2,1-2H3,(H,4,5)(H,6,7);1H2;1H,(H,2,3,4,5);1H4. The highest BCUT2D eigenvalue weighted by molar-refractivity contribution is 8.21. The van der Waals surface area contributed by atoms with E-state index in [0.29, 0.717) is 0 Å². The summed E-state index contributed by atoms with van der Waals surface area (Å²) in [4.78, 5) is 17.2. The lowest BCUT2D eigenvalue weighted by molar-refractivity contribution is 0.473. The Hall–Kier alpha value is 1.07. The number of nitrogens with one attached hydrogen (secondary N) is 1. The SMILES string of the molecule is C.CP(=O)(O)CP(C)(=O)O.O=P(Cl)(Cl)CP(=O)(Cl)Cl.c1nn[nH]n1. The minimum Gasteiger partial charge on any atom is -0.344 e.